The van der Waals surface area contributed by atoms with E-state index in [4.69, 9.17) is 13.9 Å². The minimum Gasteiger partial charge on any atom is -0.493 e. The molecule has 2 rings (SSSR count). The van der Waals surface area contributed by atoms with E-state index in [9.17, 15) is 0 Å². The maximum Gasteiger partial charge on any atom is 0.180 e. The van der Waals surface area contributed by atoms with Crippen LogP contribution in [0.15, 0.2) is 35.3 Å². The second-order valence-corrected chi connectivity index (χ2v) is 4.00. The van der Waals surface area contributed by atoms with E-state index in [0.717, 1.165) is 29.3 Å². The molecule has 0 saturated carbocycles. The number of rotatable bonds is 7. The van der Waals surface area contributed by atoms with Crippen LogP contribution in [0.3, 0.4) is 0 Å². The molecule has 0 spiro atoms. The van der Waals surface area contributed by atoms with Gasteiger partial charge in [-0.25, -0.2) is 4.98 Å². The number of ether oxygens (including phenoxy) is 2. The van der Waals surface area contributed by atoms with Crippen molar-refractivity contribution in [2.75, 3.05) is 13.7 Å². The summed E-state index contributed by atoms with van der Waals surface area (Å²) in [4.78, 5) is 4.05. The molecule has 0 saturated heterocycles. The van der Waals surface area contributed by atoms with Gasteiger partial charge in [-0.05, 0) is 24.6 Å². The first-order valence-corrected chi connectivity index (χ1v) is 6.21. The highest BCUT2D eigenvalue weighted by Gasteiger charge is 2.05. The lowest BCUT2D eigenvalue weighted by atomic mass is 10.2. The Balaban J connectivity index is 1.94. The molecule has 0 aliphatic heterocycles. The fraction of sp³-hybridized carbons (Fsp3) is 0.357. The minimum atomic E-state index is 0.617. The van der Waals surface area contributed by atoms with Crippen molar-refractivity contribution in [2.24, 2.45) is 0 Å². The third-order valence-corrected chi connectivity index (χ3v) is 2.65. The predicted octanol–water partition coefficient (Wildman–Crippen LogP) is 2.37. The van der Waals surface area contributed by atoms with E-state index in [-0.39, 0.29) is 0 Å². The van der Waals surface area contributed by atoms with E-state index in [0.29, 0.717) is 13.2 Å². The van der Waals surface area contributed by atoms with Crippen LogP contribution in [0.25, 0.3) is 0 Å². The number of hydrogen-bond acceptors (Lipinski definition) is 5. The van der Waals surface area contributed by atoms with Gasteiger partial charge >= 0.3 is 0 Å². The summed E-state index contributed by atoms with van der Waals surface area (Å²) in [5.74, 6) is 1.52. The molecule has 0 fully saturated rings. The molecule has 0 atom stereocenters. The molecule has 102 valence electrons. The normalized spacial score (nSPS) is 10.4. The number of oxazole rings is 1. The molecule has 19 heavy (non-hydrogen) atoms. The molecular weight excluding hydrogens is 244 g/mol. The lowest BCUT2D eigenvalue weighted by Crippen LogP contribution is -2.13. The summed E-state index contributed by atoms with van der Waals surface area (Å²) in [6.45, 7) is 3.98. The molecule has 2 aromatic rings. The third-order valence-electron chi connectivity index (χ3n) is 2.65. The van der Waals surface area contributed by atoms with Crippen LogP contribution in [0.5, 0.6) is 11.5 Å². The maximum absolute atomic E-state index is 5.54. The summed E-state index contributed by atoms with van der Waals surface area (Å²) < 4.78 is 15.7. The Hall–Kier alpha value is -2.01. The van der Waals surface area contributed by atoms with Gasteiger partial charge < -0.3 is 19.2 Å². The number of methoxy groups -OCH3 is 1. The summed E-state index contributed by atoms with van der Waals surface area (Å²) in [5, 5.41) is 3.29. The van der Waals surface area contributed by atoms with Crippen molar-refractivity contribution < 1.29 is 13.9 Å². The maximum atomic E-state index is 5.54. The Morgan fingerprint density at radius 3 is 2.84 bits per heavy atom. The van der Waals surface area contributed by atoms with Crippen LogP contribution in [0.4, 0.5) is 0 Å². The summed E-state index contributed by atoms with van der Waals surface area (Å²) in [7, 11) is 1.64. The lowest BCUT2D eigenvalue weighted by Gasteiger charge is -2.11. The van der Waals surface area contributed by atoms with Crippen molar-refractivity contribution >= 4 is 0 Å². The first-order chi connectivity index (χ1) is 9.33. The van der Waals surface area contributed by atoms with Crippen molar-refractivity contribution in [3.63, 3.8) is 0 Å². The molecule has 5 heteroatoms. The number of nitrogens with one attached hydrogen (secondary N) is 1. The van der Waals surface area contributed by atoms with Crippen molar-refractivity contribution in [3.8, 4) is 11.5 Å². The zero-order valence-corrected chi connectivity index (χ0v) is 11.2. The molecule has 0 radical (unpaired) electrons. The molecular formula is C14H18N2O3. The highest BCUT2D eigenvalue weighted by atomic mass is 16.5. The van der Waals surface area contributed by atoms with E-state index in [2.05, 4.69) is 10.3 Å². The fourth-order valence-corrected chi connectivity index (χ4v) is 1.76. The van der Waals surface area contributed by atoms with Crippen molar-refractivity contribution in [3.05, 3.63) is 42.1 Å². The van der Waals surface area contributed by atoms with Gasteiger partial charge in [0, 0.05) is 13.1 Å². The van der Waals surface area contributed by atoms with Crippen LogP contribution in [0, 0.1) is 0 Å². The summed E-state index contributed by atoms with van der Waals surface area (Å²) in [5.41, 5.74) is 2.02. The van der Waals surface area contributed by atoms with E-state index in [1.807, 2.05) is 25.1 Å². The highest BCUT2D eigenvalue weighted by Crippen LogP contribution is 2.27. The average molecular weight is 262 g/mol. The Kier molecular flexibility index (Phi) is 4.80. The van der Waals surface area contributed by atoms with Crippen LogP contribution >= 0.6 is 0 Å². The largest absolute Gasteiger partial charge is 0.493 e. The van der Waals surface area contributed by atoms with Gasteiger partial charge in [-0.15, -0.1) is 0 Å². The molecule has 0 aliphatic carbocycles. The second-order valence-electron chi connectivity index (χ2n) is 4.00. The Labute approximate surface area is 112 Å². The van der Waals surface area contributed by atoms with Crippen LogP contribution in [0.2, 0.25) is 0 Å². The number of hydrogen-bond donors (Lipinski definition) is 1. The molecule has 0 bridgehead atoms. The van der Waals surface area contributed by atoms with Gasteiger partial charge in [-0.1, -0.05) is 6.07 Å². The molecule has 0 unspecified atom stereocenters. The van der Waals surface area contributed by atoms with Gasteiger partial charge in [0.25, 0.3) is 0 Å². The van der Waals surface area contributed by atoms with E-state index in [1.54, 1.807) is 13.4 Å². The SMILES string of the molecule is CCOc1cc(CNCc2cocn2)ccc1OC. The summed E-state index contributed by atoms with van der Waals surface area (Å²) in [6, 6.07) is 5.91. The standard InChI is InChI=1S/C14H18N2O3/c1-3-19-14-6-11(4-5-13(14)17-2)7-15-8-12-9-18-10-16-12/h4-6,9-10,15H,3,7-8H2,1-2H3. The third kappa shape index (κ3) is 3.72. The Morgan fingerprint density at radius 2 is 2.16 bits per heavy atom. The van der Waals surface area contributed by atoms with Crippen molar-refractivity contribution in [1.29, 1.82) is 0 Å². The molecule has 1 heterocycles. The topological polar surface area (TPSA) is 56.5 Å². The fourth-order valence-electron chi connectivity index (χ4n) is 1.76. The summed E-state index contributed by atoms with van der Waals surface area (Å²) >= 11 is 0. The van der Waals surface area contributed by atoms with Crippen LogP contribution in [-0.2, 0) is 13.1 Å². The first kappa shape index (κ1) is 13.4. The smallest absolute Gasteiger partial charge is 0.180 e. The van der Waals surface area contributed by atoms with Gasteiger partial charge in [0.1, 0.15) is 6.26 Å². The lowest BCUT2D eigenvalue weighted by molar-refractivity contribution is 0.310. The van der Waals surface area contributed by atoms with Gasteiger partial charge in [-0.3, -0.25) is 0 Å². The van der Waals surface area contributed by atoms with Crippen molar-refractivity contribution in [2.45, 2.75) is 20.0 Å². The quantitative estimate of drug-likeness (QED) is 0.830. The summed E-state index contributed by atoms with van der Waals surface area (Å²) in [6.07, 6.45) is 3.06. The van der Waals surface area contributed by atoms with Crippen LogP contribution < -0.4 is 14.8 Å². The highest BCUT2D eigenvalue weighted by molar-refractivity contribution is 5.42. The van der Waals surface area contributed by atoms with Gasteiger partial charge in [-0.2, -0.15) is 0 Å². The van der Waals surface area contributed by atoms with Gasteiger partial charge in [0.2, 0.25) is 0 Å². The zero-order chi connectivity index (χ0) is 13.5. The van der Waals surface area contributed by atoms with E-state index < -0.39 is 0 Å². The molecule has 0 amide bonds. The first-order valence-electron chi connectivity index (χ1n) is 6.21. The molecule has 1 aromatic heterocycles. The van der Waals surface area contributed by atoms with Crippen molar-refractivity contribution in [1.82, 2.24) is 10.3 Å². The molecule has 0 aliphatic rings. The van der Waals surface area contributed by atoms with Gasteiger partial charge in [0.05, 0.1) is 19.4 Å². The molecule has 1 N–H and O–H groups in total. The zero-order valence-electron chi connectivity index (χ0n) is 11.2. The minimum absolute atomic E-state index is 0.617. The second kappa shape index (κ2) is 6.80. The van der Waals surface area contributed by atoms with E-state index in [1.165, 1.54) is 6.39 Å². The average Bonchev–Trinajstić information content (AvgIpc) is 2.93. The monoisotopic (exact) mass is 262 g/mol. The van der Waals surface area contributed by atoms with Crippen LogP contribution in [0.1, 0.15) is 18.2 Å². The van der Waals surface area contributed by atoms with E-state index >= 15 is 0 Å². The number of benzene rings is 1. The Morgan fingerprint density at radius 1 is 1.26 bits per heavy atom. The Bertz CT molecular complexity index is 497. The molecule has 5 nitrogen and oxygen atoms in total. The number of aromatic nitrogens is 1. The predicted molar refractivity (Wildman–Crippen MR) is 71.2 cm³/mol. The van der Waals surface area contributed by atoms with Crippen LogP contribution in [-0.4, -0.2) is 18.7 Å². The van der Waals surface area contributed by atoms with Gasteiger partial charge in [0.15, 0.2) is 17.9 Å². The number of nitrogens with zero attached hydrogens (tertiary/aromatic N) is 1. The molecule has 1 aromatic carbocycles.